The Labute approximate surface area is 181 Å². The molecular weight excluding hydrogens is 394 g/mol. The number of aromatic nitrogens is 2. The minimum absolute atomic E-state index is 0.0119. The molecule has 1 saturated heterocycles. The molecule has 1 aliphatic heterocycles. The van der Waals surface area contributed by atoms with Crippen molar-refractivity contribution in [2.24, 2.45) is 5.73 Å². The summed E-state index contributed by atoms with van der Waals surface area (Å²) in [6, 6.07) is 16.7. The maximum atomic E-state index is 12.5. The highest BCUT2D eigenvalue weighted by atomic mass is 32.2. The first kappa shape index (κ1) is 20.6. The van der Waals surface area contributed by atoms with Crippen LogP contribution in [0.1, 0.15) is 13.8 Å². The molecule has 2 heterocycles. The molecule has 156 valence electrons. The number of piperazine rings is 1. The summed E-state index contributed by atoms with van der Waals surface area (Å²) in [4.78, 5) is 17.8. The van der Waals surface area contributed by atoms with Crippen molar-refractivity contribution in [2.75, 3.05) is 37.3 Å². The van der Waals surface area contributed by atoms with Gasteiger partial charge in [-0.05, 0) is 32.2 Å². The molecule has 30 heavy (non-hydrogen) atoms. The Kier molecular flexibility index (Phi) is 5.66. The van der Waals surface area contributed by atoms with E-state index in [1.165, 1.54) is 4.90 Å². The van der Waals surface area contributed by atoms with E-state index in [1.54, 1.807) is 25.6 Å². The van der Waals surface area contributed by atoms with Crippen LogP contribution in [-0.2, 0) is 4.79 Å². The molecule has 0 spiro atoms. The highest BCUT2D eigenvalue weighted by molar-refractivity contribution is 7.98. The molecule has 0 unspecified atom stereocenters. The molecule has 1 amide bonds. The quantitative estimate of drug-likeness (QED) is 0.651. The molecule has 1 aliphatic rings. The number of carbonyl (C=O) groups excluding carboxylic acids is 1. The van der Waals surface area contributed by atoms with Gasteiger partial charge in [0.05, 0.1) is 5.54 Å². The molecule has 4 rings (SSSR count). The van der Waals surface area contributed by atoms with Crippen LogP contribution in [0.15, 0.2) is 53.4 Å². The van der Waals surface area contributed by atoms with Crippen molar-refractivity contribution in [2.45, 2.75) is 24.3 Å². The van der Waals surface area contributed by atoms with Crippen molar-refractivity contribution in [3.8, 4) is 11.3 Å². The lowest BCUT2D eigenvalue weighted by molar-refractivity contribution is -0.136. The minimum Gasteiger partial charge on any atom is -0.351 e. The third-order valence-corrected chi connectivity index (χ3v) is 6.19. The molecule has 6 nitrogen and oxygen atoms in total. The molecule has 0 bridgehead atoms. The van der Waals surface area contributed by atoms with Gasteiger partial charge in [-0.1, -0.05) is 36.4 Å². The summed E-state index contributed by atoms with van der Waals surface area (Å²) in [7, 11) is 0. The second kappa shape index (κ2) is 8.24. The van der Waals surface area contributed by atoms with E-state index < -0.39 is 5.54 Å². The van der Waals surface area contributed by atoms with Crippen LogP contribution in [0.3, 0.4) is 0 Å². The third-order valence-electron chi connectivity index (χ3n) is 5.45. The zero-order valence-electron chi connectivity index (χ0n) is 17.6. The van der Waals surface area contributed by atoms with Gasteiger partial charge in [-0.25, -0.2) is 0 Å². The summed E-state index contributed by atoms with van der Waals surface area (Å²) in [6.45, 7) is 6.20. The van der Waals surface area contributed by atoms with E-state index in [0.29, 0.717) is 26.2 Å². The predicted molar refractivity (Wildman–Crippen MR) is 124 cm³/mol. The zero-order valence-corrected chi connectivity index (χ0v) is 18.4. The van der Waals surface area contributed by atoms with Crippen LogP contribution in [-0.4, -0.2) is 59.0 Å². The van der Waals surface area contributed by atoms with Crippen molar-refractivity contribution in [3.63, 3.8) is 0 Å². The average molecular weight is 422 g/mol. The van der Waals surface area contributed by atoms with Gasteiger partial charge in [0.15, 0.2) is 5.82 Å². The van der Waals surface area contributed by atoms with Gasteiger partial charge in [0, 0.05) is 47.4 Å². The number of nitrogens with two attached hydrogens (primary N) is 1. The Morgan fingerprint density at radius 3 is 2.20 bits per heavy atom. The fraction of sp³-hybridized carbons (Fsp3) is 0.348. The summed E-state index contributed by atoms with van der Waals surface area (Å²) in [6.07, 6.45) is 2.07. The van der Waals surface area contributed by atoms with Crippen LogP contribution in [0, 0.1) is 0 Å². The summed E-state index contributed by atoms with van der Waals surface area (Å²) >= 11 is 1.72. The lowest BCUT2D eigenvalue weighted by Crippen LogP contribution is -2.57. The molecule has 0 radical (unpaired) electrons. The molecule has 0 atom stereocenters. The van der Waals surface area contributed by atoms with Crippen molar-refractivity contribution >= 4 is 34.3 Å². The number of fused-ring (bicyclic) bond motifs is 1. The highest BCUT2D eigenvalue weighted by Gasteiger charge is 2.31. The van der Waals surface area contributed by atoms with E-state index in [0.717, 1.165) is 27.8 Å². The van der Waals surface area contributed by atoms with Crippen molar-refractivity contribution < 1.29 is 4.79 Å². The van der Waals surface area contributed by atoms with E-state index >= 15 is 0 Å². The van der Waals surface area contributed by atoms with E-state index in [4.69, 9.17) is 5.73 Å². The monoisotopic (exact) mass is 421 g/mol. The number of amides is 1. The smallest absolute Gasteiger partial charge is 0.242 e. The molecule has 7 heteroatoms. The van der Waals surface area contributed by atoms with Crippen LogP contribution in [0.2, 0.25) is 0 Å². The van der Waals surface area contributed by atoms with Gasteiger partial charge in [0.25, 0.3) is 0 Å². The summed E-state index contributed by atoms with van der Waals surface area (Å²) in [5.41, 5.74) is 7.09. The first-order valence-electron chi connectivity index (χ1n) is 10.1. The number of hydrogen-bond acceptors (Lipinski definition) is 6. The minimum atomic E-state index is -0.845. The van der Waals surface area contributed by atoms with Gasteiger partial charge in [0.1, 0.15) is 5.69 Å². The van der Waals surface area contributed by atoms with Crippen LogP contribution in [0.4, 0.5) is 5.82 Å². The number of benzene rings is 2. The molecule has 2 N–H and O–H groups in total. The van der Waals surface area contributed by atoms with E-state index in [-0.39, 0.29) is 5.91 Å². The number of anilines is 1. The molecular formula is C23H27N5OS. The van der Waals surface area contributed by atoms with Gasteiger partial charge in [-0.15, -0.1) is 22.0 Å². The summed E-state index contributed by atoms with van der Waals surface area (Å²) in [5.74, 6) is 0.858. The molecule has 0 aliphatic carbocycles. The largest absolute Gasteiger partial charge is 0.351 e. The van der Waals surface area contributed by atoms with Gasteiger partial charge >= 0.3 is 0 Å². The molecule has 0 saturated carbocycles. The number of nitrogens with zero attached hydrogens (tertiary/aromatic N) is 4. The fourth-order valence-corrected chi connectivity index (χ4v) is 4.22. The first-order chi connectivity index (χ1) is 14.4. The average Bonchev–Trinajstić information content (AvgIpc) is 2.77. The second-order valence-electron chi connectivity index (χ2n) is 8.15. The standard InChI is InChI=1S/C23H27N5OS/c1-23(2,24)22(29)28-14-12-27(13-15-28)21-19-7-5-4-6-18(19)20(25-26-21)16-8-10-17(30-3)11-9-16/h4-11H,12-15,24H2,1-3H3. The van der Waals surface area contributed by atoms with Gasteiger partial charge < -0.3 is 15.5 Å². The van der Waals surface area contributed by atoms with Crippen LogP contribution < -0.4 is 10.6 Å². The Morgan fingerprint density at radius 1 is 0.967 bits per heavy atom. The molecule has 1 aromatic heterocycles. The van der Waals surface area contributed by atoms with Crippen molar-refractivity contribution in [3.05, 3.63) is 48.5 Å². The SMILES string of the molecule is CSc1ccc(-c2nnc(N3CCN(C(=O)C(C)(C)N)CC3)c3ccccc23)cc1. The van der Waals surface area contributed by atoms with Gasteiger partial charge in [0.2, 0.25) is 5.91 Å². The van der Waals surface area contributed by atoms with Crippen LogP contribution in [0.5, 0.6) is 0 Å². The van der Waals surface area contributed by atoms with Crippen LogP contribution >= 0.6 is 11.8 Å². The van der Waals surface area contributed by atoms with E-state index in [1.807, 2.05) is 17.0 Å². The number of hydrogen-bond donors (Lipinski definition) is 1. The number of rotatable bonds is 4. The van der Waals surface area contributed by atoms with Crippen LogP contribution in [0.25, 0.3) is 22.0 Å². The Morgan fingerprint density at radius 2 is 1.60 bits per heavy atom. The topological polar surface area (TPSA) is 75.4 Å². The maximum absolute atomic E-state index is 12.5. The highest BCUT2D eigenvalue weighted by Crippen LogP contribution is 2.32. The Bertz CT molecular complexity index is 1050. The van der Waals surface area contributed by atoms with Gasteiger partial charge in [-0.3, -0.25) is 4.79 Å². The second-order valence-corrected chi connectivity index (χ2v) is 9.03. The summed E-state index contributed by atoms with van der Waals surface area (Å²) in [5, 5.41) is 11.4. The van der Waals surface area contributed by atoms with Gasteiger partial charge in [-0.2, -0.15) is 0 Å². The molecule has 1 fully saturated rings. The predicted octanol–water partition coefficient (Wildman–Crippen LogP) is 3.40. The van der Waals surface area contributed by atoms with Crippen molar-refractivity contribution in [1.82, 2.24) is 15.1 Å². The summed E-state index contributed by atoms with van der Waals surface area (Å²) < 4.78 is 0. The first-order valence-corrected chi connectivity index (χ1v) is 11.3. The van der Waals surface area contributed by atoms with E-state index in [2.05, 4.69) is 57.8 Å². The van der Waals surface area contributed by atoms with E-state index in [9.17, 15) is 4.79 Å². The third kappa shape index (κ3) is 4.00. The molecule has 2 aromatic carbocycles. The Balaban J connectivity index is 1.63. The Hall–Kier alpha value is -2.64. The normalized spacial score (nSPS) is 14.9. The van der Waals surface area contributed by atoms with Crippen molar-refractivity contribution in [1.29, 1.82) is 0 Å². The zero-order chi connectivity index (χ0) is 21.3. The lowest BCUT2D eigenvalue weighted by Gasteiger charge is -2.38. The maximum Gasteiger partial charge on any atom is 0.242 e. The molecule has 3 aromatic rings. The number of carbonyl (C=O) groups is 1. The number of thioether (sulfide) groups is 1. The lowest BCUT2D eigenvalue weighted by atomic mass is 10.0. The fourth-order valence-electron chi connectivity index (χ4n) is 3.81.